The minimum atomic E-state index is -3.36. The van der Waals surface area contributed by atoms with Gasteiger partial charge in [0, 0.05) is 35.1 Å². The van der Waals surface area contributed by atoms with Gasteiger partial charge in [-0.2, -0.15) is 5.26 Å². The molecular weight excluding hydrogens is 434 g/mol. The predicted molar refractivity (Wildman–Crippen MR) is 129 cm³/mol. The second-order valence-corrected chi connectivity index (χ2v) is 10.1. The van der Waals surface area contributed by atoms with Gasteiger partial charge in [-0.15, -0.1) is 0 Å². The third-order valence-electron chi connectivity index (χ3n) is 5.79. The van der Waals surface area contributed by atoms with Crippen molar-refractivity contribution in [2.45, 2.75) is 32.2 Å². The smallest absolute Gasteiger partial charge is 0.232 e. The van der Waals surface area contributed by atoms with Crippen LogP contribution in [0.4, 0.5) is 5.69 Å². The Balaban J connectivity index is 1.62. The number of anilines is 1. The van der Waals surface area contributed by atoms with Gasteiger partial charge in [0.15, 0.2) is 0 Å². The molecule has 8 heteroatoms. The van der Waals surface area contributed by atoms with Crippen LogP contribution in [0.1, 0.15) is 37.8 Å². The molecule has 0 spiro atoms. The molecule has 166 valence electrons. The molecule has 0 bridgehead atoms. The van der Waals surface area contributed by atoms with Crippen LogP contribution in [0.25, 0.3) is 33.4 Å². The number of nitriles is 1. The van der Waals surface area contributed by atoms with E-state index in [4.69, 9.17) is 0 Å². The molecule has 1 aliphatic carbocycles. The Morgan fingerprint density at radius 3 is 2.52 bits per heavy atom. The lowest BCUT2D eigenvalue weighted by atomic mass is 10.0. The Morgan fingerprint density at radius 1 is 1.12 bits per heavy atom. The van der Waals surface area contributed by atoms with Crippen LogP contribution >= 0.6 is 0 Å². The minimum Gasteiger partial charge on any atom is -0.336 e. The monoisotopic (exact) mass is 457 g/mol. The molecule has 2 aromatic heterocycles. The first-order valence-corrected chi connectivity index (χ1v) is 12.6. The summed E-state index contributed by atoms with van der Waals surface area (Å²) < 4.78 is 29.1. The fourth-order valence-electron chi connectivity index (χ4n) is 4.22. The van der Waals surface area contributed by atoms with Crippen molar-refractivity contribution in [1.82, 2.24) is 14.5 Å². The molecule has 0 aliphatic heterocycles. The summed E-state index contributed by atoms with van der Waals surface area (Å²) in [5.74, 6) is 0.0807. The SMILES string of the molecule is CCCS(=O)(=O)Nc1ccc(-c2c(C#N)c3ccc(-c4cnccn4)cc3n2C2CC2)cc1. The molecule has 0 saturated heterocycles. The van der Waals surface area contributed by atoms with Gasteiger partial charge >= 0.3 is 0 Å². The van der Waals surface area contributed by atoms with E-state index in [2.05, 4.69) is 31.4 Å². The number of nitrogens with zero attached hydrogens (tertiary/aromatic N) is 4. The minimum absolute atomic E-state index is 0.0807. The summed E-state index contributed by atoms with van der Waals surface area (Å²) >= 11 is 0. The van der Waals surface area contributed by atoms with Gasteiger partial charge in [0.25, 0.3) is 0 Å². The number of hydrogen-bond donors (Lipinski definition) is 1. The molecule has 1 fully saturated rings. The fourth-order valence-corrected chi connectivity index (χ4v) is 5.36. The number of benzene rings is 2. The van der Waals surface area contributed by atoms with Crippen molar-refractivity contribution >= 4 is 26.6 Å². The quantitative estimate of drug-likeness (QED) is 0.415. The largest absolute Gasteiger partial charge is 0.336 e. The highest BCUT2D eigenvalue weighted by atomic mass is 32.2. The maximum Gasteiger partial charge on any atom is 0.232 e. The molecule has 0 amide bonds. The first-order chi connectivity index (χ1) is 16.0. The molecule has 1 saturated carbocycles. The topological polar surface area (TPSA) is 101 Å². The molecule has 5 rings (SSSR count). The second-order valence-electron chi connectivity index (χ2n) is 8.26. The van der Waals surface area contributed by atoms with Gasteiger partial charge in [0.05, 0.1) is 34.4 Å². The normalized spacial score (nSPS) is 13.7. The lowest BCUT2D eigenvalue weighted by Crippen LogP contribution is -2.15. The van der Waals surface area contributed by atoms with Crippen LogP contribution in [0.15, 0.2) is 61.1 Å². The molecule has 0 unspecified atom stereocenters. The van der Waals surface area contributed by atoms with Crippen molar-refractivity contribution in [3.05, 3.63) is 66.6 Å². The number of rotatable bonds is 7. The Labute approximate surface area is 192 Å². The van der Waals surface area contributed by atoms with Gasteiger partial charge in [0.2, 0.25) is 10.0 Å². The summed E-state index contributed by atoms with van der Waals surface area (Å²) in [6.45, 7) is 1.83. The molecule has 2 aromatic carbocycles. The van der Waals surface area contributed by atoms with E-state index in [0.29, 0.717) is 23.7 Å². The van der Waals surface area contributed by atoms with E-state index in [0.717, 1.165) is 46.3 Å². The first kappa shape index (κ1) is 21.2. The lowest BCUT2D eigenvalue weighted by molar-refractivity contribution is 0.600. The summed E-state index contributed by atoms with van der Waals surface area (Å²) in [7, 11) is -3.36. The Morgan fingerprint density at radius 2 is 1.88 bits per heavy atom. The van der Waals surface area contributed by atoms with E-state index in [1.807, 2.05) is 31.2 Å². The zero-order chi connectivity index (χ0) is 23.0. The molecule has 7 nitrogen and oxygen atoms in total. The van der Waals surface area contributed by atoms with Gasteiger partial charge in [-0.05, 0) is 43.0 Å². The number of nitrogens with one attached hydrogen (secondary N) is 1. The first-order valence-electron chi connectivity index (χ1n) is 11.0. The van der Waals surface area contributed by atoms with Gasteiger partial charge in [-0.25, -0.2) is 8.42 Å². The maximum absolute atomic E-state index is 12.1. The van der Waals surface area contributed by atoms with Crippen molar-refractivity contribution in [3.63, 3.8) is 0 Å². The molecular formula is C25H23N5O2S. The van der Waals surface area contributed by atoms with E-state index >= 15 is 0 Å². The van der Waals surface area contributed by atoms with Gasteiger partial charge in [-0.1, -0.05) is 31.2 Å². The van der Waals surface area contributed by atoms with Crippen LogP contribution < -0.4 is 4.72 Å². The van der Waals surface area contributed by atoms with Crippen LogP contribution in [0.2, 0.25) is 0 Å². The predicted octanol–water partition coefficient (Wildman–Crippen LogP) is 5.12. The summed E-state index contributed by atoms with van der Waals surface area (Å²) in [6.07, 6.45) is 7.72. The molecule has 0 radical (unpaired) electrons. The maximum atomic E-state index is 12.1. The fraction of sp³-hybridized carbons (Fsp3) is 0.240. The van der Waals surface area contributed by atoms with Crippen molar-refractivity contribution in [2.75, 3.05) is 10.5 Å². The number of sulfonamides is 1. The van der Waals surface area contributed by atoms with Crippen molar-refractivity contribution in [2.24, 2.45) is 0 Å². The Hall–Kier alpha value is -3.70. The van der Waals surface area contributed by atoms with Gasteiger partial charge in [0.1, 0.15) is 6.07 Å². The summed E-state index contributed by atoms with van der Waals surface area (Å²) in [4.78, 5) is 8.58. The Bertz CT molecular complexity index is 1470. The highest BCUT2D eigenvalue weighted by Gasteiger charge is 2.30. The number of aromatic nitrogens is 3. The summed E-state index contributed by atoms with van der Waals surface area (Å²) in [6, 6.07) is 16.0. The van der Waals surface area contributed by atoms with Crippen LogP contribution in [-0.2, 0) is 10.0 Å². The number of fused-ring (bicyclic) bond motifs is 1. The third-order valence-corrected chi connectivity index (χ3v) is 7.28. The molecule has 2 heterocycles. The van der Waals surface area contributed by atoms with E-state index < -0.39 is 10.0 Å². The Kier molecular flexibility index (Phi) is 5.35. The van der Waals surface area contributed by atoms with Gasteiger partial charge < -0.3 is 4.57 Å². The molecule has 1 N–H and O–H groups in total. The van der Waals surface area contributed by atoms with E-state index in [-0.39, 0.29) is 5.75 Å². The van der Waals surface area contributed by atoms with Crippen molar-refractivity contribution in [3.8, 4) is 28.6 Å². The zero-order valence-electron chi connectivity index (χ0n) is 18.2. The van der Waals surface area contributed by atoms with E-state index in [9.17, 15) is 13.7 Å². The second kappa shape index (κ2) is 8.34. The average molecular weight is 458 g/mol. The van der Waals surface area contributed by atoms with Crippen LogP contribution in [0.3, 0.4) is 0 Å². The van der Waals surface area contributed by atoms with Crippen molar-refractivity contribution in [1.29, 1.82) is 5.26 Å². The van der Waals surface area contributed by atoms with Crippen LogP contribution in [0, 0.1) is 11.3 Å². The highest BCUT2D eigenvalue weighted by Crippen LogP contribution is 2.45. The van der Waals surface area contributed by atoms with E-state index in [1.54, 1.807) is 30.7 Å². The van der Waals surface area contributed by atoms with Gasteiger partial charge in [-0.3, -0.25) is 14.7 Å². The van der Waals surface area contributed by atoms with Crippen molar-refractivity contribution < 1.29 is 8.42 Å². The molecule has 1 aliphatic rings. The lowest BCUT2D eigenvalue weighted by Gasteiger charge is -2.12. The molecule has 0 atom stereocenters. The standard InChI is InChI=1S/C25H23N5O2S/c1-2-13-33(31,32)29-19-6-3-17(4-7-19)25-22(15-26)21-10-5-18(23-16-27-11-12-28-23)14-24(21)30(25)20-8-9-20/h3-7,10-12,14,16,20,29H,2,8-9,13H2,1H3. The highest BCUT2D eigenvalue weighted by molar-refractivity contribution is 7.92. The van der Waals surface area contributed by atoms with E-state index in [1.165, 1.54) is 0 Å². The molecule has 33 heavy (non-hydrogen) atoms. The number of hydrogen-bond acceptors (Lipinski definition) is 5. The third kappa shape index (κ3) is 4.08. The average Bonchev–Trinajstić information content (AvgIpc) is 3.60. The summed E-state index contributed by atoms with van der Waals surface area (Å²) in [5, 5.41) is 11.0. The molecule has 4 aromatic rings. The van der Waals surface area contributed by atoms with Crippen LogP contribution in [-0.4, -0.2) is 28.7 Å². The van der Waals surface area contributed by atoms with Crippen LogP contribution in [0.5, 0.6) is 0 Å². The zero-order valence-corrected chi connectivity index (χ0v) is 19.0. The summed E-state index contributed by atoms with van der Waals surface area (Å²) in [5.41, 5.74) is 5.63.